The number of nitrogens with one attached hydrogen (secondary N) is 3. The number of allylic oxidation sites excluding steroid dienone is 2. The number of dihydropyridines is 1. The third-order valence-corrected chi connectivity index (χ3v) is 7.31. The summed E-state index contributed by atoms with van der Waals surface area (Å²) in [7, 11) is 0. The molecule has 0 unspecified atom stereocenters. The van der Waals surface area contributed by atoms with Crippen molar-refractivity contribution in [3.05, 3.63) is 111 Å². The highest BCUT2D eigenvalue weighted by Crippen LogP contribution is 2.43. The lowest BCUT2D eigenvalue weighted by molar-refractivity contribution is -0.114. The first-order valence-corrected chi connectivity index (χ1v) is 13.7. The minimum Gasteiger partial charge on any atom is -0.492 e. The Kier molecular flexibility index (Phi) is 9.31. The summed E-state index contributed by atoms with van der Waals surface area (Å²) in [6.07, 6.45) is 0. The largest absolute Gasteiger partial charge is 0.492 e. The van der Waals surface area contributed by atoms with Gasteiger partial charge < -0.3 is 20.7 Å². The number of nitriles is 1. The zero-order valence-corrected chi connectivity index (χ0v) is 23.0. The second-order valence-electron chi connectivity index (χ2n) is 8.56. The maximum atomic E-state index is 13.5. The molecule has 4 rings (SSSR count). The lowest BCUT2D eigenvalue weighted by Gasteiger charge is -2.30. The van der Waals surface area contributed by atoms with Crippen LogP contribution in [0, 0.1) is 11.3 Å². The summed E-state index contributed by atoms with van der Waals surface area (Å²) in [4.78, 5) is 26.4. The molecule has 0 spiro atoms. The molecule has 2 amide bonds. The number of carbonyl (C=O) groups is 2. The number of halogens is 1. The van der Waals surface area contributed by atoms with Crippen LogP contribution in [0.15, 0.2) is 101 Å². The van der Waals surface area contributed by atoms with Crippen LogP contribution in [-0.4, -0.2) is 24.2 Å². The highest BCUT2D eigenvalue weighted by atomic mass is 35.5. The number of carbonyl (C=O) groups excluding carboxylic acids is 2. The number of hydrogen-bond acceptors (Lipinski definition) is 6. The minimum absolute atomic E-state index is 0.0298. The van der Waals surface area contributed by atoms with E-state index in [1.807, 2.05) is 43.3 Å². The van der Waals surface area contributed by atoms with Crippen LogP contribution in [0.5, 0.6) is 5.75 Å². The van der Waals surface area contributed by atoms with Gasteiger partial charge in [0.1, 0.15) is 5.75 Å². The number of benzene rings is 3. The van der Waals surface area contributed by atoms with Crippen molar-refractivity contribution in [2.24, 2.45) is 0 Å². The standard InChI is InChI=1S/C30H27ClN4O3S/c1-3-38-25-16-10-9-15-24(25)35-26(36)18-39-30-22(17-32)28(21-13-7-8-14-23(21)31)27(19(2)33-30)29(37)34-20-11-5-4-6-12-20/h4-16,28,33H,3,18H2,1-2H3,(H,34,37)(H,35,36)/t28-/m1/s1. The van der Waals surface area contributed by atoms with Crippen molar-refractivity contribution < 1.29 is 14.3 Å². The van der Waals surface area contributed by atoms with Gasteiger partial charge in [-0.15, -0.1) is 0 Å². The summed E-state index contributed by atoms with van der Waals surface area (Å²) in [5.41, 5.74) is 3.08. The molecule has 1 heterocycles. The second-order valence-corrected chi connectivity index (χ2v) is 9.95. The van der Waals surface area contributed by atoms with Gasteiger partial charge >= 0.3 is 0 Å². The van der Waals surface area contributed by atoms with E-state index >= 15 is 0 Å². The SMILES string of the molecule is CCOc1ccccc1NC(=O)CSC1=C(C#N)[C@@H](c2ccccc2Cl)C(C(=O)Nc2ccccc2)=C(C)N1. The maximum Gasteiger partial charge on any atom is 0.254 e. The molecule has 0 saturated carbocycles. The number of rotatable bonds is 9. The van der Waals surface area contributed by atoms with Crippen LogP contribution in [0.4, 0.5) is 11.4 Å². The quantitative estimate of drug-likeness (QED) is 0.279. The number of anilines is 2. The fourth-order valence-electron chi connectivity index (χ4n) is 4.24. The van der Waals surface area contributed by atoms with E-state index in [2.05, 4.69) is 22.0 Å². The molecule has 0 fully saturated rings. The third-order valence-electron chi connectivity index (χ3n) is 5.95. The van der Waals surface area contributed by atoms with E-state index in [4.69, 9.17) is 16.3 Å². The Labute approximate surface area is 236 Å². The van der Waals surface area contributed by atoms with Gasteiger partial charge in [-0.1, -0.05) is 71.9 Å². The Bertz CT molecular complexity index is 1480. The van der Waals surface area contributed by atoms with Crippen LogP contribution < -0.4 is 20.7 Å². The van der Waals surface area contributed by atoms with Gasteiger partial charge in [0.25, 0.3) is 5.91 Å². The first-order chi connectivity index (χ1) is 18.9. The molecule has 0 aromatic heterocycles. The van der Waals surface area contributed by atoms with E-state index in [-0.39, 0.29) is 17.6 Å². The first-order valence-electron chi connectivity index (χ1n) is 12.3. The molecule has 0 bridgehead atoms. The van der Waals surface area contributed by atoms with Gasteiger partial charge in [-0.2, -0.15) is 5.26 Å². The highest BCUT2D eigenvalue weighted by molar-refractivity contribution is 8.03. The number of nitrogens with zero attached hydrogens (tertiary/aromatic N) is 1. The van der Waals surface area contributed by atoms with E-state index in [1.165, 1.54) is 11.8 Å². The Morgan fingerprint density at radius 3 is 2.44 bits per heavy atom. The normalized spacial score (nSPS) is 14.8. The molecule has 0 radical (unpaired) electrons. The Morgan fingerprint density at radius 1 is 1.03 bits per heavy atom. The van der Waals surface area contributed by atoms with Crippen LogP contribution in [0.25, 0.3) is 0 Å². The van der Waals surface area contributed by atoms with E-state index in [9.17, 15) is 14.9 Å². The van der Waals surface area contributed by atoms with Crippen molar-refractivity contribution in [2.45, 2.75) is 19.8 Å². The molecule has 0 aliphatic carbocycles. The van der Waals surface area contributed by atoms with Crippen molar-refractivity contribution >= 4 is 46.6 Å². The number of hydrogen-bond donors (Lipinski definition) is 3. The van der Waals surface area contributed by atoms with E-state index in [1.54, 1.807) is 49.4 Å². The topological polar surface area (TPSA) is 103 Å². The lowest BCUT2D eigenvalue weighted by atomic mass is 9.82. The molecule has 1 aliphatic rings. The van der Waals surface area contributed by atoms with Crippen molar-refractivity contribution in [1.82, 2.24) is 5.32 Å². The van der Waals surface area contributed by atoms with E-state index in [0.717, 1.165) is 0 Å². The van der Waals surface area contributed by atoms with Gasteiger partial charge in [-0.25, -0.2) is 0 Å². The maximum absolute atomic E-state index is 13.5. The fourth-order valence-corrected chi connectivity index (χ4v) is 5.38. The molecule has 7 nitrogen and oxygen atoms in total. The second kappa shape index (κ2) is 13.1. The first kappa shape index (κ1) is 27.8. The molecule has 0 saturated heterocycles. The molecular formula is C30H27ClN4O3S. The number of amides is 2. The fraction of sp³-hybridized carbons (Fsp3) is 0.167. The molecule has 3 aromatic rings. The third kappa shape index (κ3) is 6.63. The smallest absolute Gasteiger partial charge is 0.254 e. The number of ether oxygens (including phenoxy) is 1. The van der Waals surface area contributed by atoms with Crippen molar-refractivity contribution in [2.75, 3.05) is 23.0 Å². The van der Waals surface area contributed by atoms with Gasteiger partial charge in [0.05, 0.1) is 40.6 Å². The minimum atomic E-state index is -0.724. The monoisotopic (exact) mass is 558 g/mol. The predicted molar refractivity (Wildman–Crippen MR) is 156 cm³/mol. The zero-order chi connectivity index (χ0) is 27.8. The van der Waals surface area contributed by atoms with Crippen LogP contribution in [0.1, 0.15) is 25.3 Å². The summed E-state index contributed by atoms with van der Waals surface area (Å²) in [6.45, 7) is 4.12. The van der Waals surface area contributed by atoms with Gasteiger partial charge in [0.15, 0.2) is 0 Å². The molecule has 9 heteroatoms. The van der Waals surface area contributed by atoms with Crippen molar-refractivity contribution in [3.63, 3.8) is 0 Å². The summed E-state index contributed by atoms with van der Waals surface area (Å²) in [5, 5.41) is 20.2. The lowest BCUT2D eigenvalue weighted by Crippen LogP contribution is -2.31. The van der Waals surface area contributed by atoms with Crippen LogP contribution >= 0.6 is 23.4 Å². The number of thioether (sulfide) groups is 1. The van der Waals surface area contributed by atoms with Gasteiger partial charge in [0.2, 0.25) is 5.91 Å². The van der Waals surface area contributed by atoms with Crippen molar-refractivity contribution in [1.29, 1.82) is 5.26 Å². The summed E-state index contributed by atoms with van der Waals surface area (Å²) in [5.74, 6) is -0.724. The van der Waals surface area contributed by atoms with Crippen LogP contribution in [-0.2, 0) is 9.59 Å². The average Bonchev–Trinajstić information content (AvgIpc) is 2.93. The predicted octanol–water partition coefficient (Wildman–Crippen LogP) is 6.45. The van der Waals surface area contributed by atoms with Gasteiger partial charge in [-0.05, 0) is 49.7 Å². The molecule has 3 N–H and O–H groups in total. The van der Waals surface area contributed by atoms with Crippen LogP contribution in [0.2, 0.25) is 5.02 Å². The molecule has 1 aliphatic heterocycles. The average molecular weight is 559 g/mol. The molecule has 198 valence electrons. The Balaban J connectivity index is 1.62. The summed E-state index contributed by atoms with van der Waals surface area (Å²) < 4.78 is 5.59. The van der Waals surface area contributed by atoms with Crippen LogP contribution in [0.3, 0.4) is 0 Å². The van der Waals surface area contributed by atoms with Crippen molar-refractivity contribution in [3.8, 4) is 11.8 Å². The molecule has 3 aromatic carbocycles. The summed E-state index contributed by atoms with van der Waals surface area (Å²) in [6, 6.07) is 25.7. The number of para-hydroxylation sites is 3. The van der Waals surface area contributed by atoms with Gasteiger partial charge in [0, 0.05) is 22.0 Å². The Hall–Kier alpha value is -4.19. The highest BCUT2D eigenvalue weighted by Gasteiger charge is 2.36. The van der Waals surface area contributed by atoms with Gasteiger partial charge in [-0.3, -0.25) is 9.59 Å². The molecule has 1 atom stereocenters. The zero-order valence-electron chi connectivity index (χ0n) is 21.5. The Morgan fingerprint density at radius 2 is 1.72 bits per heavy atom. The van der Waals surface area contributed by atoms with E-state index < -0.39 is 5.92 Å². The van der Waals surface area contributed by atoms with E-state index in [0.29, 0.717) is 56.2 Å². The molecule has 39 heavy (non-hydrogen) atoms. The molecular weight excluding hydrogens is 532 g/mol. The summed E-state index contributed by atoms with van der Waals surface area (Å²) >= 11 is 7.76.